The van der Waals surface area contributed by atoms with Gasteiger partial charge in [-0.3, -0.25) is 15.2 Å². The zero-order valence-corrected chi connectivity index (χ0v) is 7.13. The normalized spacial score (nSPS) is 10.2. The zero-order chi connectivity index (χ0) is 9.14. The number of nitrogens with zero attached hydrogens (tertiary/aromatic N) is 2. The van der Waals surface area contributed by atoms with Crippen molar-refractivity contribution in [2.45, 2.75) is 26.7 Å². The Morgan fingerprint density at radius 2 is 2.17 bits per heavy atom. The lowest BCUT2D eigenvalue weighted by Gasteiger charge is -1.91. The van der Waals surface area contributed by atoms with Gasteiger partial charge in [-0.1, -0.05) is 13.8 Å². The van der Waals surface area contributed by atoms with Gasteiger partial charge in [-0.25, -0.2) is 0 Å². The fourth-order valence-corrected chi connectivity index (χ4v) is 1.12. The van der Waals surface area contributed by atoms with Crippen LogP contribution >= 0.6 is 0 Å². The Morgan fingerprint density at radius 1 is 1.50 bits per heavy atom. The van der Waals surface area contributed by atoms with Gasteiger partial charge in [0.2, 0.25) is 0 Å². The summed E-state index contributed by atoms with van der Waals surface area (Å²) < 4.78 is 0. The topological polar surface area (TPSA) is 71.8 Å². The lowest BCUT2D eigenvalue weighted by molar-refractivity contribution is -0.386. The highest BCUT2D eigenvalue weighted by molar-refractivity contribution is 5.40. The number of nitrogens with one attached hydrogen (secondary N) is 1. The van der Waals surface area contributed by atoms with Crippen LogP contribution in [-0.2, 0) is 12.8 Å². The highest BCUT2D eigenvalue weighted by Crippen LogP contribution is 2.21. The SMILES string of the molecule is CCc1n[nH]c(CC)c1[N+](=O)[O-]. The Hall–Kier alpha value is -1.39. The number of hydrogen-bond donors (Lipinski definition) is 1. The van der Waals surface area contributed by atoms with E-state index in [9.17, 15) is 10.1 Å². The molecule has 0 aliphatic heterocycles. The highest BCUT2D eigenvalue weighted by Gasteiger charge is 2.20. The third-order valence-electron chi connectivity index (χ3n) is 1.76. The van der Waals surface area contributed by atoms with Crippen molar-refractivity contribution in [3.05, 3.63) is 21.5 Å². The van der Waals surface area contributed by atoms with Gasteiger partial charge in [0.15, 0.2) is 0 Å². The summed E-state index contributed by atoms with van der Waals surface area (Å²) in [5.41, 5.74) is 1.30. The maximum Gasteiger partial charge on any atom is 0.313 e. The van der Waals surface area contributed by atoms with Gasteiger partial charge in [-0.15, -0.1) is 0 Å². The van der Waals surface area contributed by atoms with Crippen molar-refractivity contribution >= 4 is 5.69 Å². The van der Waals surface area contributed by atoms with Gasteiger partial charge < -0.3 is 0 Å². The highest BCUT2D eigenvalue weighted by atomic mass is 16.6. The van der Waals surface area contributed by atoms with Crippen molar-refractivity contribution in [3.63, 3.8) is 0 Å². The van der Waals surface area contributed by atoms with Crippen LogP contribution in [0.1, 0.15) is 25.2 Å². The van der Waals surface area contributed by atoms with Crippen LogP contribution in [0.15, 0.2) is 0 Å². The van der Waals surface area contributed by atoms with E-state index in [0.29, 0.717) is 24.2 Å². The molecule has 1 rings (SSSR count). The van der Waals surface area contributed by atoms with Crippen molar-refractivity contribution < 1.29 is 4.92 Å². The first kappa shape index (κ1) is 8.70. The van der Waals surface area contributed by atoms with E-state index in [1.165, 1.54) is 0 Å². The molecule has 0 saturated heterocycles. The Kier molecular flexibility index (Phi) is 2.42. The summed E-state index contributed by atoms with van der Waals surface area (Å²) in [6.07, 6.45) is 1.20. The maximum atomic E-state index is 10.6. The number of rotatable bonds is 3. The third-order valence-corrected chi connectivity index (χ3v) is 1.76. The van der Waals surface area contributed by atoms with Crippen LogP contribution in [0.5, 0.6) is 0 Å². The van der Waals surface area contributed by atoms with Crippen LogP contribution < -0.4 is 0 Å². The first-order valence-electron chi connectivity index (χ1n) is 3.91. The molecule has 0 aliphatic carbocycles. The van der Waals surface area contributed by atoms with Crippen molar-refractivity contribution in [3.8, 4) is 0 Å². The van der Waals surface area contributed by atoms with Gasteiger partial charge in [0.25, 0.3) is 0 Å². The molecule has 0 radical (unpaired) electrons. The van der Waals surface area contributed by atoms with Gasteiger partial charge in [0, 0.05) is 0 Å². The number of aromatic nitrogens is 2. The monoisotopic (exact) mass is 169 g/mol. The van der Waals surface area contributed by atoms with E-state index in [1.807, 2.05) is 13.8 Å². The summed E-state index contributed by atoms with van der Waals surface area (Å²) in [5, 5.41) is 17.1. The zero-order valence-electron chi connectivity index (χ0n) is 7.13. The Morgan fingerprint density at radius 3 is 2.58 bits per heavy atom. The molecule has 1 aromatic rings. The average Bonchev–Trinajstić information content (AvgIpc) is 2.46. The fraction of sp³-hybridized carbons (Fsp3) is 0.571. The Bertz CT molecular complexity index is 271. The summed E-state index contributed by atoms with van der Waals surface area (Å²) in [4.78, 5) is 10.2. The summed E-state index contributed by atoms with van der Waals surface area (Å²) in [6.45, 7) is 3.71. The molecule has 5 heteroatoms. The molecule has 1 heterocycles. The second-order valence-electron chi connectivity index (χ2n) is 2.46. The van der Waals surface area contributed by atoms with Gasteiger partial charge >= 0.3 is 5.69 Å². The standard InChI is InChI=1S/C7H11N3O2/c1-3-5-7(10(11)12)6(4-2)9-8-5/h3-4H2,1-2H3,(H,8,9). The number of hydrogen-bond acceptors (Lipinski definition) is 3. The van der Waals surface area contributed by atoms with E-state index in [2.05, 4.69) is 10.2 Å². The van der Waals surface area contributed by atoms with E-state index in [0.717, 1.165) is 0 Å². The molecule has 66 valence electrons. The smallest absolute Gasteiger partial charge is 0.275 e. The molecule has 0 bridgehead atoms. The summed E-state index contributed by atoms with van der Waals surface area (Å²) >= 11 is 0. The second kappa shape index (κ2) is 3.34. The summed E-state index contributed by atoms with van der Waals surface area (Å²) in [5.74, 6) is 0. The van der Waals surface area contributed by atoms with Gasteiger partial charge in [-0.05, 0) is 12.8 Å². The largest absolute Gasteiger partial charge is 0.313 e. The molecule has 12 heavy (non-hydrogen) atoms. The fourth-order valence-electron chi connectivity index (χ4n) is 1.12. The molecule has 0 saturated carbocycles. The maximum absolute atomic E-state index is 10.6. The molecular formula is C7H11N3O2. The first-order valence-corrected chi connectivity index (χ1v) is 3.91. The first-order chi connectivity index (χ1) is 5.70. The molecule has 0 amide bonds. The van der Waals surface area contributed by atoms with Crippen LogP contribution in [0.2, 0.25) is 0 Å². The molecular weight excluding hydrogens is 158 g/mol. The van der Waals surface area contributed by atoms with Crippen molar-refractivity contribution in [1.29, 1.82) is 0 Å². The minimum absolute atomic E-state index is 0.153. The van der Waals surface area contributed by atoms with Gasteiger partial charge in [0.05, 0.1) is 4.92 Å². The minimum atomic E-state index is -0.374. The second-order valence-corrected chi connectivity index (χ2v) is 2.46. The van der Waals surface area contributed by atoms with Crippen LogP contribution in [0.25, 0.3) is 0 Å². The number of nitro groups is 1. The molecule has 0 spiro atoms. The molecule has 0 aliphatic rings. The number of aromatic amines is 1. The molecule has 1 aromatic heterocycles. The van der Waals surface area contributed by atoms with Crippen molar-refractivity contribution in [2.75, 3.05) is 0 Å². The predicted octanol–water partition coefficient (Wildman–Crippen LogP) is 1.44. The Labute approximate surface area is 69.9 Å². The lowest BCUT2D eigenvalue weighted by Crippen LogP contribution is -1.94. The number of aryl methyl sites for hydroxylation is 2. The molecule has 0 fully saturated rings. The van der Waals surface area contributed by atoms with Crippen LogP contribution in [-0.4, -0.2) is 15.1 Å². The van der Waals surface area contributed by atoms with Crippen LogP contribution in [0.3, 0.4) is 0 Å². The van der Waals surface area contributed by atoms with E-state index in [1.54, 1.807) is 0 Å². The van der Waals surface area contributed by atoms with E-state index >= 15 is 0 Å². The van der Waals surface area contributed by atoms with Crippen molar-refractivity contribution in [1.82, 2.24) is 10.2 Å². The third kappa shape index (κ3) is 1.30. The van der Waals surface area contributed by atoms with Crippen LogP contribution in [0.4, 0.5) is 5.69 Å². The predicted molar refractivity (Wildman–Crippen MR) is 44.0 cm³/mol. The molecule has 5 nitrogen and oxygen atoms in total. The van der Waals surface area contributed by atoms with Crippen molar-refractivity contribution in [2.24, 2.45) is 0 Å². The molecule has 1 N–H and O–H groups in total. The average molecular weight is 169 g/mol. The summed E-state index contributed by atoms with van der Waals surface area (Å²) in [7, 11) is 0. The number of H-pyrrole nitrogens is 1. The van der Waals surface area contributed by atoms with Crippen LogP contribution in [0, 0.1) is 10.1 Å². The minimum Gasteiger partial charge on any atom is -0.275 e. The quantitative estimate of drug-likeness (QED) is 0.549. The Balaban J connectivity index is 3.16. The van der Waals surface area contributed by atoms with E-state index < -0.39 is 0 Å². The van der Waals surface area contributed by atoms with E-state index in [4.69, 9.17) is 0 Å². The van der Waals surface area contributed by atoms with Gasteiger partial charge in [0.1, 0.15) is 11.4 Å². The summed E-state index contributed by atoms with van der Waals surface area (Å²) in [6, 6.07) is 0. The molecule has 0 aromatic carbocycles. The molecule has 0 unspecified atom stereocenters. The van der Waals surface area contributed by atoms with Gasteiger partial charge in [-0.2, -0.15) is 5.10 Å². The molecule has 0 atom stereocenters. The van der Waals surface area contributed by atoms with E-state index in [-0.39, 0.29) is 10.6 Å². The lowest BCUT2D eigenvalue weighted by atomic mass is 10.2.